The molecule has 0 aromatic heterocycles. The molecule has 1 aliphatic rings. The van der Waals surface area contributed by atoms with Gasteiger partial charge in [0.25, 0.3) is 0 Å². The van der Waals surface area contributed by atoms with Crippen molar-refractivity contribution in [1.29, 1.82) is 0 Å². The van der Waals surface area contributed by atoms with Gasteiger partial charge in [-0.2, -0.15) is 0 Å². The van der Waals surface area contributed by atoms with E-state index >= 15 is 0 Å². The molecule has 0 radical (unpaired) electrons. The van der Waals surface area contributed by atoms with E-state index in [0.717, 1.165) is 0 Å². The van der Waals surface area contributed by atoms with E-state index in [1.54, 1.807) is 0 Å². The highest BCUT2D eigenvalue weighted by atomic mass is 32.2. The number of aliphatic hydroxyl groups is 1. The standard InChI is InChI=1S/C8H16O3S/c1-6(2)8(3)5-12(10,11)4-7(8)9/h6-7,9H,4-5H2,1-3H3/t7-,8+/m1/s1. The third kappa shape index (κ3) is 1.50. The Bertz CT molecular complexity index is 268. The molecule has 0 aliphatic carbocycles. The molecule has 1 saturated heterocycles. The Morgan fingerprint density at radius 3 is 2.17 bits per heavy atom. The maximum absolute atomic E-state index is 11.2. The van der Waals surface area contributed by atoms with E-state index in [1.807, 2.05) is 20.8 Å². The number of hydrogen-bond donors (Lipinski definition) is 1. The van der Waals surface area contributed by atoms with Gasteiger partial charge in [-0.1, -0.05) is 20.8 Å². The predicted molar refractivity (Wildman–Crippen MR) is 47.6 cm³/mol. The first kappa shape index (κ1) is 9.99. The fourth-order valence-electron chi connectivity index (χ4n) is 1.61. The SMILES string of the molecule is CC(C)[C@]1(C)CS(=O)(=O)C[C@H]1O. The van der Waals surface area contributed by atoms with E-state index in [9.17, 15) is 13.5 Å². The third-order valence-electron chi connectivity index (χ3n) is 3.02. The molecule has 1 rings (SSSR count). The van der Waals surface area contributed by atoms with Gasteiger partial charge in [0.05, 0.1) is 17.6 Å². The van der Waals surface area contributed by atoms with E-state index in [-0.39, 0.29) is 17.4 Å². The van der Waals surface area contributed by atoms with Crippen LogP contribution in [0.5, 0.6) is 0 Å². The van der Waals surface area contributed by atoms with Crippen LogP contribution < -0.4 is 0 Å². The summed E-state index contributed by atoms with van der Waals surface area (Å²) in [4.78, 5) is 0. The van der Waals surface area contributed by atoms with Gasteiger partial charge < -0.3 is 5.11 Å². The first-order valence-corrected chi connectivity index (χ1v) is 5.98. The Balaban J connectivity index is 2.97. The highest BCUT2D eigenvalue weighted by Gasteiger charge is 2.47. The zero-order chi connectivity index (χ0) is 9.57. The van der Waals surface area contributed by atoms with E-state index in [2.05, 4.69) is 0 Å². The van der Waals surface area contributed by atoms with Crippen LogP contribution in [0.3, 0.4) is 0 Å². The lowest BCUT2D eigenvalue weighted by Gasteiger charge is -2.30. The van der Waals surface area contributed by atoms with Gasteiger partial charge in [0.15, 0.2) is 9.84 Å². The zero-order valence-electron chi connectivity index (χ0n) is 7.74. The van der Waals surface area contributed by atoms with Gasteiger partial charge >= 0.3 is 0 Å². The molecule has 0 spiro atoms. The molecule has 0 bridgehead atoms. The summed E-state index contributed by atoms with van der Waals surface area (Å²) in [6.07, 6.45) is -0.692. The Labute approximate surface area is 73.7 Å². The molecule has 72 valence electrons. The molecule has 3 nitrogen and oxygen atoms in total. The molecule has 4 heteroatoms. The Morgan fingerprint density at radius 1 is 1.50 bits per heavy atom. The molecule has 0 aromatic carbocycles. The molecule has 0 amide bonds. The number of sulfone groups is 1. The molecule has 1 fully saturated rings. The van der Waals surface area contributed by atoms with Crippen LogP contribution in [0.25, 0.3) is 0 Å². The smallest absolute Gasteiger partial charge is 0.153 e. The van der Waals surface area contributed by atoms with Gasteiger partial charge in [0.1, 0.15) is 0 Å². The van der Waals surface area contributed by atoms with Crippen molar-refractivity contribution in [2.45, 2.75) is 26.9 Å². The minimum Gasteiger partial charge on any atom is -0.391 e. The molecule has 1 N–H and O–H groups in total. The van der Waals surface area contributed by atoms with Crippen molar-refractivity contribution in [2.24, 2.45) is 11.3 Å². The van der Waals surface area contributed by atoms with Crippen LogP contribution in [0, 0.1) is 11.3 Å². The Kier molecular flexibility index (Phi) is 2.25. The van der Waals surface area contributed by atoms with Gasteiger partial charge in [-0.3, -0.25) is 0 Å². The molecular weight excluding hydrogens is 176 g/mol. The Hall–Kier alpha value is -0.0900. The first-order chi connectivity index (χ1) is 5.28. The lowest BCUT2D eigenvalue weighted by atomic mass is 9.77. The summed E-state index contributed by atoms with van der Waals surface area (Å²) in [6, 6.07) is 0. The van der Waals surface area contributed by atoms with Crippen molar-refractivity contribution < 1.29 is 13.5 Å². The molecule has 0 aromatic rings. The fraction of sp³-hybridized carbons (Fsp3) is 1.00. The van der Waals surface area contributed by atoms with Crippen molar-refractivity contribution in [3.05, 3.63) is 0 Å². The normalized spacial score (nSPS) is 40.6. The summed E-state index contributed by atoms with van der Waals surface area (Å²) in [5.41, 5.74) is -0.446. The van der Waals surface area contributed by atoms with E-state index in [1.165, 1.54) is 0 Å². The van der Waals surface area contributed by atoms with Crippen LogP contribution in [0.2, 0.25) is 0 Å². The molecule has 1 aliphatic heterocycles. The second kappa shape index (κ2) is 2.70. The van der Waals surface area contributed by atoms with Crippen LogP contribution in [0.4, 0.5) is 0 Å². The highest BCUT2D eigenvalue weighted by Crippen LogP contribution is 2.38. The van der Waals surface area contributed by atoms with E-state index in [0.29, 0.717) is 0 Å². The lowest BCUT2D eigenvalue weighted by Crippen LogP contribution is -2.35. The monoisotopic (exact) mass is 192 g/mol. The minimum atomic E-state index is -3.00. The second-order valence-corrected chi connectivity index (χ2v) is 6.34. The molecule has 12 heavy (non-hydrogen) atoms. The molecule has 0 unspecified atom stereocenters. The number of aliphatic hydroxyl groups excluding tert-OH is 1. The Morgan fingerprint density at radius 2 is 2.00 bits per heavy atom. The van der Waals surface area contributed by atoms with E-state index < -0.39 is 21.4 Å². The quantitative estimate of drug-likeness (QED) is 0.656. The highest BCUT2D eigenvalue weighted by molar-refractivity contribution is 7.91. The number of rotatable bonds is 1. The first-order valence-electron chi connectivity index (χ1n) is 4.16. The molecular formula is C8H16O3S. The van der Waals surface area contributed by atoms with E-state index in [4.69, 9.17) is 0 Å². The number of hydrogen-bond acceptors (Lipinski definition) is 3. The largest absolute Gasteiger partial charge is 0.391 e. The summed E-state index contributed by atoms with van der Waals surface area (Å²) < 4.78 is 22.4. The summed E-state index contributed by atoms with van der Waals surface area (Å²) in [5, 5.41) is 9.58. The molecule has 2 atom stereocenters. The maximum Gasteiger partial charge on any atom is 0.153 e. The fourth-order valence-corrected chi connectivity index (χ4v) is 4.06. The van der Waals surface area contributed by atoms with Crippen molar-refractivity contribution >= 4 is 9.84 Å². The second-order valence-electron chi connectivity index (χ2n) is 4.23. The van der Waals surface area contributed by atoms with Crippen LogP contribution >= 0.6 is 0 Å². The van der Waals surface area contributed by atoms with Crippen molar-refractivity contribution in [3.63, 3.8) is 0 Å². The van der Waals surface area contributed by atoms with Crippen LogP contribution in [0.15, 0.2) is 0 Å². The maximum atomic E-state index is 11.2. The average Bonchev–Trinajstić information content (AvgIpc) is 2.03. The summed E-state index contributed by atoms with van der Waals surface area (Å²) in [5.74, 6) is 0.255. The van der Waals surface area contributed by atoms with Gasteiger partial charge in [0, 0.05) is 5.41 Å². The van der Waals surface area contributed by atoms with Crippen molar-refractivity contribution in [1.82, 2.24) is 0 Å². The summed E-state index contributed by atoms with van der Waals surface area (Å²) >= 11 is 0. The third-order valence-corrected chi connectivity index (χ3v) is 4.91. The topological polar surface area (TPSA) is 54.4 Å². The van der Waals surface area contributed by atoms with Crippen LogP contribution in [-0.4, -0.2) is 31.1 Å². The van der Waals surface area contributed by atoms with Crippen molar-refractivity contribution in [3.8, 4) is 0 Å². The van der Waals surface area contributed by atoms with Gasteiger partial charge in [-0.05, 0) is 5.92 Å². The summed E-state index contributed by atoms with van der Waals surface area (Å²) in [7, 11) is -3.00. The minimum absolute atomic E-state index is 0.0678. The van der Waals surface area contributed by atoms with Crippen molar-refractivity contribution in [2.75, 3.05) is 11.5 Å². The zero-order valence-corrected chi connectivity index (χ0v) is 8.56. The summed E-state index contributed by atoms with van der Waals surface area (Å²) in [6.45, 7) is 5.74. The van der Waals surface area contributed by atoms with Gasteiger partial charge in [-0.15, -0.1) is 0 Å². The predicted octanol–water partition coefficient (Wildman–Crippen LogP) is 0.438. The lowest BCUT2D eigenvalue weighted by molar-refractivity contribution is 0.0479. The van der Waals surface area contributed by atoms with Crippen LogP contribution in [-0.2, 0) is 9.84 Å². The van der Waals surface area contributed by atoms with Gasteiger partial charge in [0.2, 0.25) is 0 Å². The molecule has 1 heterocycles. The average molecular weight is 192 g/mol. The molecule has 0 saturated carbocycles. The van der Waals surface area contributed by atoms with Crippen LogP contribution in [0.1, 0.15) is 20.8 Å². The van der Waals surface area contributed by atoms with Gasteiger partial charge in [-0.25, -0.2) is 8.42 Å².